The molecule has 4 saturated heterocycles. The number of nitrogens with two attached hydrogens (primary N) is 8. The largest absolute Gasteiger partial charge is 0.508 e. The van der Waals surface area contributed by atoms with Gasteiger partial charge in [-0.15, -0.1) is 0 Å². The predicted molar refractivity (Wildman–Crippen MR) is 509 cm³/mol. The summed E-state index contributed by atoms with van der Waals surface area (Å²) in [6, 6.07) is -10.1. The van der Waals surface area contributed by atoms with E-state index in [9.17, 15) is 116 Å². The molecule has 0 unspecified atom stereocenters. The lowest BCUT2D eigenvalue weighted by Gasteiger charge is -2.31. The maximum absolute atomic E-state index is 14.5. The maximum atomic E-state index is 14.5. The summed E-state index contributed by atoms with van der Waals surface area (Å²) in [4.78, 5) is 296. The molecule has 0 aliphatic carbocycles. The third-order valence-corrected chi connectivity index (χ3v) is 27.5. The van der Waals surface area contributed by atoms with E-state index < -0.39 is 290 Å². The number of primary amides is 6. The number of benzene rings is 2. The minimum absolute atomic E-state index is 0.0468. The highest BCUT2D eigenvalue weighted by Crippen LogP contribution is 2.29. The van der Waals surface area contributed by atoms with Gasteiger partial charge in [0.2, 0.25) is 130 Å². The van der Waals surface area contributed by atoms with Gasteiger partial charge in [0.1, 0.15) is 96.1 Å². The number of carbonyl (C=O) groups excluding carboxylic acids is 22. The van der Waals surface area contributed by atoms with Crippen molar-refractivity contribution in [1.29, 1.82) is 0 Å². The molecule has 6 rings (SSSR count). The number of amides is 22. The molecule has 4 aliphatic heterocycles. The number of hydrogen-bond acceptors (Lipinski definition) is 30. The number of phenolic OH excluding ortho intramolecular Hbond substituents is 2. The third-order valence-electron chi connectivity index (χ3n) is 22.6. The summed E-state index contributed by atoms with van der Waals surface area (Å²) >= 11 is 0. The second-order valence-electron chi connectivity index (χ2n) is 34.8. The van der Waals surface area contributed by atoms with Gasteiger partial charge in [-0.1, -0.05) is 136 Å². The first-order valence-electron chi connectivity index (χ1n) is 45.1. The van der Waals surface area contributed by atoms with Gasteiger partial charge >= 0.3 is 0 Å². The molecule has 4 fully saturated rings. The van der Waals surface area contributed by atoms with E-state index in [0.29, 0.717) is 36.8 Å². The summed E-state index contributed by atoms with van der Waals surface area (Å²) in [5.41, 5.74) is 45.9. The van der Waals surface area contributed by atoms with Gasteiger partial charge in [-0.05, 0) is 110 Å². The van der Waals surface area contributed by atoms with E-state index >= 15 is 0 Å². The molecule has 0 saturated carbocycles. The molecule has 0 aromatic heterocycles. The summed E-state index contributed by atoms with van der Waals surface area (Å²) < 4.78 is 0. The summed E-state index contributed by atoms with van der Waals surface area (Å²) in [5, 5.41) is 55.4. The van der Waals surface area contributed by atoms with Crippen molar-refractivity contribution in [2.45, 2.75) is 255 Å². The van der Waals surface area contributed by atoms with Crippen LogP contribution in [0.4, 0.5) is 0 Å². The van der Waals surface area contributed by atoms with E-state index in [4.69, 9.17) is 45.9 Å². The van der Waals surface area contributed by atoms with Crippen LogP contribution in [0.3, 0.4) is 0 Å². The van der Waals surface area contributed by atoms with Gasteiger partial charge in [-0.2, -0.15) is 0 Å². The second kappa shape index (κ2) is 57.8. The van der Waals surface area contributed by atoms with Gasteiger partial charge in [0.25, 0.3) is 0 Å². The van der Waals surface area contributed by atoms with Crippen LogP contribution < -0.4 is 120 Å². The van der Waals surface area contributed by atoms with Crippen molar-refractivity contribution in [3.05, 3.63) is 59.7 Å². The molecule has 32 N–H and O–H groups in total. The molecule has 18 atom stereocenters. The SMILES string of the molecule is CC[C@H](C)[C@@H]1NC(=O)[C@H](Cc2ccc(O)cc2)NC(=O)[C@@H](N)CSSC[C@@H](C(=O)N2CCC[C@H]2C(=O)N[C@@H](CC(C)C)C(=O)NCC(N)=O)NC(=O)[C@H](CC(N)=O)NC(=O)[C@H](CCC(N)=O)NC1=O.CC[C@H](C)[C@@H]1NC(=O)[C@H](Cc2ccc(O)cc2)NC(=O)[C@@H](N)CSSC[C@@H](C(=O)N2CCC[C@H]2C(=O)N[C@@H](CC(C)C)C(=O)NCC(N)=O)NC(=O)[C@H](CC(N)=O)NC(=O)[C@H](CCC(N)=O)NC1=O. The minimum Gasteiger partial charge on any atom is -0.508 e. The van der Waals surface area contributed by atoms with Crippen LogP contribution in [0, 0.1) is 23.7 Å². The van der Waals surface area contributed by atoms with Crippen molar-refractivity contribution in [2.75, 3.05) is 49.2 Å². The van der Waals surface area contributed by atoms with Crippen LogP contribution in [-0.4, -0.2) is 296 Å². The Hall–Kier alpha value is -12.3. The first kappa shape index (κ1) is 116. The summed E-state index contributed by atoms with van der Waals surface area (Å²) in [6.07, 6.45) is -1.39. The number of hydrogen-bond donors (Lipinski definition) is 24. The van der Waals surface area contributed by atoms with E-state index in [0.717, 1.165) is 43.2 Å². The number of likely N-dealkylation sites (tertiary alicyclic amines) is 2. The first-order valence-corrected chi connectivity index (χ1v) is 50.1. The second-order valence-corrected chi connectivity index (χ2v) is 39.9. The van der Waals surface area contributed by atoms with Gasteiger partial charge in [0, 0.05) is 61.8 Å². The summed E-state index contributed by atoms with van der Waals surface area (Å²) in [5.74, 6) is -20.8. The first-order chi connectivity index (χ1) is 65.0. The van der Waals surface area contributed by atoms with Crippen molar-refractivity contribution >= 4 is 173 Å². The summed E-state index contributed by atoms with van der Waals surface area (Å²) in [7, 11) is 4.09. The van der Waals surface area contributed by atoms with Crippen molar-refractivity contribution in [3.63, 3.8) is 0 Å². The smallest absolute Gasteiger partial charge is 0.246 e. The molecular weight excluding hydrogens is 1880 g/mol. The average molecular weight is 2010 g/mol. The van der Waals surface area contributed by atoms with E-state index in [-0.39, 0.29) is 98.0 Å². The van der Waals surface area contributed by atoms with Gasteiger partial charge in [0.15, 0.2) is 0 Å². The van der Waals surface area contributed by atoms with Crippen LogP contribution in [-0.2, 0) is 118 Å². The highest BCUT2D eigenvalue weighted by molar-refractivity contribution is 8.77. The minimum atomic E-state index is -1.75. The molecular formula is C86H132N24O24S4. The van der Waals surface area contributed by atoms with Crippen LogP contribution in [0.5, 0.6) is 11.5 Å². The quantitative estimate of drug-likeness (QED) is 0.0290. The number of nitrogens with zero attached hydrogens (tertiary/aromatic N) is 2. The van der Waals surface area contributed by atoms with Crippen LogP contribution in [0.2, 0.25) is 0 Å². The fraction of sp³-hybridized carbons (Fsp3) is 0.605. The molecule has 52 heteroatoms. The van der Waals surface area contributed by atoms with Gasteiger partial charge < -0.3 is 140 Å². The molecule has 4 aliphatic rings. The number of rotatable bonds is 34. The lowest BCUT2D eigenvalue weighted by Crippen LogP contribution is -2.61. The molecule has 22 amide bonds. The Labute approximate surface area is 813 Å². The highest BCUT2D eigenvalue weighted by atomic mass is 33.1. The fourth-order valence-electron chi connectivity index (χ4n) is 14.7. The highest BCUT2D eigenvalue weighted by Gasteiger charge is 2.45. The third kappa shape index (κ3) is 39.3. The van der Waals surface area contributed by atoms with Gasteiger partial charge in [0.05, 0.1) is 38.0 Å². The van der Waals surface area contributed by atoms with Crippen molar-refractivity contribution in [1.82, 2.24) is 84.2 Å². The number of phenols is 2. The maximum Gasteiger partial charge on any atom is 0.246 e. The normalized spacial score (nSPS) is 24.3. The van der Waals surface area contributed by atoms with Crippen molar-refractivity contribution < 1.29 is 116 Å². The Morgan fingerprint density at radius 1 is 0.391 bits per heavy atom. The average Bonchev–Trinajstić information content (AvgIpc) is 1.78. The van der Waals surface area contributed by atoms with E-state index in [2.05, 4.69) is 74.4 Å². The summed E-state index contributed by atoms with van der Waals surface area (Å²) in [6.45, 7) is 13.2. The Morgan fingerprint density at radius 2 is 0.696 bits per heavy atom. The van der Waals surface area contributed by atoms with Crippen LogP contribution in [0.15, 0.2) is 48.5 Å². The zero-order valence-corrected chi connectivity index (χ0v) is 81.4. The number of carbonyl (C=O) groups is 22. The zero-order chi connectivity index (χ0) is 103. The van der Waals surface area contributed by atoms with E-state index in [1.165, 1.54) is 58.3 Å². The molecule has 0 radical (unpaired) electrons. The topological polar surface area (TPSA) is 799 Å². The Morgan fingerprint density at radius 3 is 1.00 bits per heavy atom. The monoisotopic (exact) mass is 2010 g/mol. The predicted octanol–water partition coefficient (Wildman–Crippen LogP) is -7.22. The molecule has 764 valence electrons. The molecule has 2 aromatic rings. The van der Waals surface area contributed by atoms with Gasteiger partial charge in [-0.25, -0.2) is 0 Å². The number of aromatic hydroxyl groups is 2. The Bertz CT molecular complexity index is 4380. The van der Waals surface area contributed by atoms with Crippen molar-refractivity contribution in [2.24, 2.45) is 69.5 Å². The lowest BCUT2D eigenvalue weighted by molar-refractivity contribution is -0.142. The van der Waals surface area contributed by atoms with Crippen LogP contribution in [0.1, 0.15) is 156 Å². The molecule has 138 heavy (non-hydrogen) atoms. The van der Waals surface area contributed by atoms with Gasteiger partial charge in [-0.3, -0.25) is 105 Å². The molecule has 4 heterocycles. The molecule has 2 aromatic carbocycles. The van der Waals surface area contributed by atoms with E-state index in [1.54, 1.807) is 27.7 Å². The zero-order valence-electron chi connectivity index (χ0n) is 78.2. The van der Waals surface area contributed by atoms with Crippen LogP contribution in [0.25, 0.3) is 0 Å². The van der Waals surface area contributed by atoms with E-state index in [1.807, 2.05) is 27.7 Å². The molecule has 0 bridgehead atoms. The molecule has 0 spiro atoms. The Balaban J connectivity index is 0.000000487. The molecule has 48 nitrogen and oxygen atoms in total. The fourth-order valence-corrected chi connectivity index (χ4v) is 19.2. The van der Waals surface area contributed by atoms with Crippen LogP contribution >= 0.6 is 43.2 Å². The standard InChI is InChI=1S/2C43H66N12O12S2/c2*1-5-22(4)35-42(66)49-26(12-13-32(45)57)38(62)51-29(17-33(46)58)39(63)53-30(20-69-68-19-25(44)36(60)50-28(40(64)54-35)16-23-8-10-24(56)11-9-23)43(67)55-14-6-7-31(55)41(65)52-27(15-21(2)3)37(61)48-18-34(47)59/h2*8-11,21-22,25-31,35,56H,5-7,12-20,44H2,1-4H3,(H2,45,57)(H2,46,58)(H2,47,59)(H,48,61)(H,49,66)(H,50,60)(H,51,62)(H,52,65)(H,53,63)(H,54,64)/t2*22-,25-,26-,27-,28-,29-,30-,31-,35-/m00/s1. The van der Waals surface area contributed by atoms with Crippen molar-refractivity contribution in [3.8, 4) is 11.5 Å². The lowest BCUT2D eigenvalue weighted by atomic mass is 9.96. The Kier molecular flexibility index (Phi) is 48.7. The number of nitrogens with one attached hydrogen (secondary N) is 14.